The second-order valence-corrected chi connectivity index (χ2v) is 3.25. The number of aromatic nitrogens is 2. The van der Waals surface area contributed by atoms with Crippen LogP contribution in [0, 0.1) is 5.82 Å². The van der Waals surface area contributed by atoms with Gasteiger partial charge in [0, 0.05) is 18.1 Å². The van der Waals surface area contributed by atoms with Gasteiger partial charge in [0.15, 0.2) is 4.73 Å². The molecular formula is C9H6BrFN2. The zero-order valence-corrected chi connectivity index (χ0v) is 8.20. The van der Waals surface area contributed by atoms with E-state index in [0.29, 0.717) is 4.73 Å². The molecule has 0 radical (unpaired) electrons. The summed E-state index contributed by atoms with van der Waals surface area (Å²) in [5.74, 6) is -0.236. The first-order chi connectivity index (χ1) is 6.27. The largest absolute Gasteiger partial charge is 0.294 e. The van der Waals surface area contributed by atoms with Crippen molar-refractivity contribution in [2.75, 3.05) is 0 Å². The number of hydrogen-bond donors (Lipinski definition) is 0. The van der Waals surface area contributed by atoms with Crippen LogP contribution in [-0.4, -0.2) is 9.55 Å². The van der Waals surface area contributed by atoms with Gasteiger partial charge in [-0.2, -0.15) is 0 Å². The molecule has 0 bridgehead atoms. The van der Waals surface area contributed by atoms with E-state index in [1.807, 2.05) is 4.57 Å². The van der Waals surface area contributed by atoms with Crippen LogP contribution in [0.4, 0.5) is 4.39 Å². The maximum Gasteiger partial charge on any atom is 0.181 e. The highest BCUT2D eigenvalue weighted by Gasteiger charge is 2.00. The van der Waals surface area contributed by atoms with Crippen molar-refractivity contribution in [3.8, 4) is 5.69 Å². The van der Waals surface area contributed by atoms with Crippen molar-refractivity contribution in [1.82, 2.24) is 9.55 Å². The molecule has 0 aliphatic carbocycles. The van der Waals surface area contributed by atoms with Gasteiger partial charge in [0.1, 0.15) is 5.82 Å². The Kier molecular flexibility index (Phi) is 2.14. The number of imidazole rings is 1. The van der Waals surface area contributed by atoms with Crippen molar-refractivity contribution in [1.29, 1.82) is 0 Å². The fourth-order valence-corrected chi connectivity index (χ4v) is 1.52. The Bertz CT molecular complexity index is 408. The van der Waals surface area contributed by atoms with Crippen molar-refractivity contribution in [2.45, 2.75) is 0 Å². The van der Waals surface area contributed by atoms with Crippen LogP contribution in [0.3, 0.4) is 0 Å². The minimum Gasteiger partial charge on any atom is -0.294 e. The summed E-state index contributed by atoms with van der Waals surface area (Å²) in [6.07, 6.45) is 3.48. The standard InChI is InChI=1S/C9H6BrFN2/c10-9-12-5-6-13(9)8-3-1-7(11)2-4-8/h1-6H. The molecule has 0 N–H and O–H groups in total. The van der Waals surface area contributed by atoms with Gasteiger partial charge >= 0.3 is 0 Å². The van der Waals surface area contributed by atoms with E-state index in [4.69, 9.17) is 0 Å². The Labute approximate surface area is 83.2 Å². The second-order valence-electron chi connectivity index (χ2n) is 2.54. The number of nitrogens with zero attached hydrogens (tertiary/aromatic N) is 2. The smallest absolute Gasteiger partial charge is 0.181 e. The van der Waals surface area contributed by atoms with Crippen LogP contribution in [-0.2, 0) is 0 Å². The van der Waals surface area contributed by atoms with Crippen molar-refractivity contribution in [3.63, 3.8) is 0 Å². The van der Waals surface area contributed by atoms with Crippen LogP contribution >= 0.6 is 15.9 Å². The van der Waals surface area contributed by atoms with Gasteiger partial charge in [-0.1, -0.05) is 0 Å². The minimum absolute atomic E-state index is 0.236. The maximum absolute atomic E-state index is 12.6. The predicted molar refractivity (Wildman–Crippen MR) is 51.2 cm³/mol. The molecule has 0 fully saturated rings. The minimum atomic E-state index is -0.236. The first kappa shape index (κ1) is 8.44. The van der Waals surface area contributed by atoms with E-state index in [-0.39, 0.29) is 5.82 Å². The van der Waals surface area contributed by atoms with E-state index in [1.54, 1.807) is 24.5 Å². The fraction of sp³-hybridized carbons (Fsp3) is 0. The van der Waals surface area contributed by atoms with Crippen molar-refractivity contribution in [3.05, 3.63) is 47.2 Å². The molecule has 66 valence electrons. The normalized spacial score (nSPS) is 10.3. The third kappa shape index (κ3) is 1.62. The van der Waals surface area contributed by atoms with Gasteiger partial charge in [0.05, 0.1) is 0 Å². The topological polar surface area (TPSA) is 17.8 Å². The van der Waals surface area contributed by atoms with Gasteiger partial charge in [-0.05, 0) is 40.2 Å². The lowest BCUT2D eigenvalue weighted by atomic mass is 10.3. The Morgan fingerprint density at radius 1 is 1.23 bits per heavy atom. The van der Waals surface area contributed by atoms with Gasteiger partial charge in [-0.25, -0.2) is 9.37 Å². The first-order valence-corrected chi connectivity index (χ1v) is 4.51. The Hall–Kier alpha value is -1.16. The van der Waals surface area contributed by atoms with Gasteiger partial charge in [-0.3, -0.25) is 4.57 Å². The van der Waals surface area contributed by atoms with Gasteiger partial charge in [0.25, 0.3) is 0 Å². The molecule has 0 unspecified atom stereocenters. The number of hydrogen-bond acceptors (Lipinski definition) is 1. The highest BCUT2D eigenvalue weighted by molar-refractivity contribution is 9.10. The summed E-state index contributed by atoms with van der Waals surface area (Å²) in [6, 6.07) is 6.23. The molecule has 4 heteroatoms. The third-order valence-electron chi connectivity index (χ3n) is 1.70. The molecule has 0 aliphatic heterocycles. The van der Waals surface area contributed by atoms with Crippen LogP contribution in [0.5, 0.6) is 0 Å². The van der Waals surface area contributed by atoms with Crippen LogP contribution in [0.2, 0.25) is 0 Å². The summed E-state index contributed by atoms with van der Waals surface area (Å²) < 4.78 is 15.1. The monoisotopic (exact) mass is 240 g/mol. The van der Waals surface area contributed by atoms with E-state index in [1.165, 1.54) is 12.1 Å². The molecule has 1 heterocycles. The molecule has 2 nitrogen and oxygen atoms in total. The summed E-state index contributed by atoms with van der Waals surface area (Å²) >= 11 is 3.28. The van der Waals surface area contributed by atoms with E-state index in [9.17, 15) is 4.39 Å². The van der Waals surface area contributed by atoms with E-state index < -0.39 is 0 Å². The number of halogens is 2. The summed E-state index contributed by atoms with van der Waals surface area (Å²) in [7, 11) is 0. The Morgan fingerprint density at radius 2 is 1.92 bits per heavy atom. The van der Waals surface area contributed by atoms with Crippen LogP contribution in [0.1, 0.15) is 0 Å². The highest BCUT2D eigenvalue weighted by Crippen LogP contribution is 2.14. The lowest BCUT2D eigenvalue weighted by molar-refractivity contribution is 0.627. The Morgan fingerprint density at radius 3 is 2.46 bits per heavy atom. The quantitative estimate of drug-likeness (QED) is 0.750. The van der Waals surface area contributed by atoms with E-state index >= 15 is 0 Å². The van der Waals surface area contributed by atoms with Crippen molar-refractivity contribution >= 4 is 15.9 Å². The molecule has 2 rings (SSSR count). The molecule has 0 atom stereocenters. The second kappa shape index (κ2) is 3.30. The maximum atomic E-state index is 12.6. The molecule has 1 aromatic carbocycles. The molecule has 1 aromatic heterocycles. The molecular weight excluding hydrogens is 235 g/mol. The molecule has 13 heavy (non-hydrogen) atoms. The molecule has 0 saturated heterocycles. The number of rotatable bonds is 1. The summed E-state index contributed by atoms with van der Waals surface area (Å²) in [4.78, 5) is 4.00. The summed E-state index contributed by atoms with van der Waals surface area (Å²) in [5, 5.41) is 0. The highest BCUT2D eigenvalue weighted by atomic mass is 79.9. The van der Waals surface area contributed by atoms with Gasteiger partial charge in [0.2, 0.25) is 0 Å². The summed E-state index contributed by atoms with van der Waals surface area (Å²) in [5.41, 5.74) is 0.880. The van der Waals surface area contributed by atoms with Crippen LogP contribution < -0.4 is 0 Å². The summed E-state index contributed by atoms with van der Waals surface area (Å²) in [6.45, 7) is 0. The van der Waals surface area contributed by atoms with Gasteiger partial charge < -0.3 is 0 Å². The van der Waals surface area contributed by atoms with Crippen molar-refractivity contribution in [2.24, 2.45) is 0 Å². The average Bonchev–Trinajstić information content (AvgIpc) is 2.53. The third-order valence-corrected chi connectivity index (χ3v) is 2.29. The van der Waals surface area contributed by atoms with E-state index in [0.717, 1.165) is 5.69 Å². The predicted octanol–water partition coefficient (Wildman–Crippen LogP) is 2.77. The molecule has 0 spiro atoms. The van der Waals surface area contributed by atoms with Crippen molar-refractivity contribution < 1.29 is 4.39 Å². The molecule has 2 aromatic rings. The van der Waals surface area contributed by atoms with Crippen LogP contribution in [0.15, 0.2) is 41.4 Å². The average molecular weight is 241 g/mol. The molecule has 0 aliphatic rings. The SMILES string of the molecule is Fc1ccc(-n2ccnc2Br)cc1. The fourth-order valence-electron chi connectivity index (χ4n) is 1.08. The van der Waals surface area contributed by atoms with Crippen LogP contribution in [0.25, 0.3) is 5.69 Å². The zero-order chi connectivity index (χ0) is 9.26. The van der Waals surface area contributed by atoms with E-state index in [2.05, 4.69) is 20.9 Å². The van der Waals surface area contributed by atoms with Gasteiger partial charge in [-0.15, -0.1) is 0 Å². The lowest BCUT2D eigenvalue weighted by Crippen LogP contribution is -1.91. The zero-order valence-electron chi connectivity index (χ0n) is 6.61. The molecule has 0 saturated carbocycles. The Balaban J connectivity index is 2.47. The first-order valence-electron chi connectivity index (χ1n) is 3.72. The number of benzene rings is 1. The lowest BCUT2D eigenvalue weighted by Gasteiger charge is -2.02. The molecule has 0 amide bonds.